The average molecular weight is 386 g/mol. The minimum Gasteiger partial charge on any atom is -0.496 e. The van der Waals surface area contributed by atoms with Gasteiger partial charge >= 0.3 is 6.09 Å². The molecule has 1 amide bonds. The van der Waals surface area contributed by atoms with Gasteiger partial charge in [-0.15, -0.1) is 10.2 Å². The lowest BCUT2D eigenvalue weighted by atomic mass is 10.1. The molecular weight excluding hydrogens is 360 g/mol. The molecule has 9 nitrogen and oxygen atoms in total. The number of nitrogen functional groups attached to an aromatic ring is 1. The van der Waals surface area contributed by atoms with Crippen LogP contribution in [-0.2, 0) is 4.74 Å². The SMILES string of the molecule is COc1ccncc1-c1cc(N2CCN(C(=O)OC(C)(C)C)CC2)c(N)nn1. The number of hydrogen-bond donors (Lipinski definition) is 1. The van der Waals surface area contributed by atoms with E-state index in [2.05, 4.69) is 20.1 Å². The van der Waals surface area contributed by atoms with Gasteiger partial charge in [-0.05, 0) is 32.9 Å². The third kappa shape index (κ3) is 4.41. The fourth-order valence-electron chi connectivity index (χ4n) is 2.98. The van der Waals surface area contributed by atoms with E-state index >= 15 is 0 Å². The second kappa shape index (κ2) is 7.87. The molecule has 2 aromatic rings. The number of methoxy groups -OCH3 is 1. The van der Waals surface area contributed by atoms with Crippen LogP contribution in [0.4, 0.5) is 16.3 Å². The average Bonchev–Trinajstić information content (AvgIpc) is 2.67. The lowest BCUT2D eigenvalue weighted by molar-refractivity contribution is 0.0240. The summed E-state index contributed by atoms with van der Waals surface area (Å²) >= 11 is 0. The molecule has 150 valence electrons. The van der Waals surface area contributed by atoms with Crippen molar-refractivity contribution in [3.8, 4) is 17.0 Å². The van der Waals surface area contributed by atoms with E-state index in [0.29, 0.717) is 43.4 Å². The van der Waals surface area contributed by atoms with Crippen molar-refractivity contribution >= 4 is 17.6 Å². The van der Waals surface area contributed by atoms with Crippen LogP contribution in [-0.4, -0.2) is 65.1 Å². The summed E-state index contributed by atoms with van der Waals surface area (Å²) in [5.41, 5.74) is 7.72. The fourth-order valence-corrected chi connectivity index (χ4v) is 2.98. The number of hydrogen-bond acceptors (Lipinski definition) is 8. The molecule has 3 rings (SSSR count). The van der Waals surface area contributed by atoms with Gasteiger partial charge in [0.25, 0.3) is 0 Å². The number of nitrogens with two attached hydrogens (primary N) is 1. The third-order valence-corrected chi connectivity index (χ3v) is 4.35. The second-order valence-electron chi connectivity index (χ2n) is 7.53. The largest absolute Gasteiger partial charge is 0.496 e. The number of carbonyl (C=O) groups is 1. The van der Waals surface area contributed by atoms with Crippen molar-refractivity contribution in [3.05, 3.63) is 24.5 Å². The Hall–Kier alpha value is -3.10. The quantitative estimate of drug-likeness (QED) is 0.855. The molecule has 1 saturated heterocycles. The first-order valence-corrected chi connectivity index (χ1v) is 9.13. The van der Waals surface area contributed by atoms with Gasteiger partial charge in [-0.1, -0.05) is 0 Å². The van der Waals surface area contributed by atoms with E-state index in [1.165, 1.54) is 0 Å². The summed E-state index contributed by atoms with van der Waals surface area (Å²) in [6.45, 7) is 7.91. The Labute approximate surface area is 164 Å². The number of pyridine rings is 1. The summed E-state index contributed by atoms with van der Waals surface area (Å²) < 4.78 is 10.8. The second-order valence-corrected chi connectivity index (χ2v) is 7.53. The van der Waals surface area contributed by atoms with Crippen molar-refractivity contribution in [2.45, 2.75) is 26.4 Å². The molecule has 2 aromatic heterocycles. The van der Waals surface area contributed by atoms with Crippen LogP contribution >= 0.6 is 0 Å². The maximum atomic E-state index is 12.3. The molecule has 0 radical (unpaired) electrons. The van der Waals surface area contributed by atoms with Crippen molar-refractivity contribution < 1.29 is 14.3 Å². The molecule has 0 atom stereocenters. The van der Waals surface area contributed by atoms with Gasteiger partial charge in [-0.3, -0.25) is 4.98 Å². The van der Waals surface area contributed by atoms with Crippen LogP contribution in [0.5, 0.6) is 5.75 Å². The Morgan fingerprint density at radius 1 is 1.18 bits per heavy atom. The van der Waals surface area contributed by atoms with E-state index < -0.39 is 5.60 Å². The van der Waals surface area contributed by atoms with Crippen LogP contribution in [0.2, 0.25) is 0 Å². The van der Waals surface area contributed by atoms with Crippen LogP contribution in [0, 0.1) is 0 Å². The Kier molecular flexibility index (Phi) is 5.53. The Balaban J connectivity index is 1.76. The number of ether oxygens (including phenoxy) is 2. The van der Waals surface area contributed by atoms with E-state index in [0.717, 1.165) is 11.3 Å². The van der Waals surface area contributed by atoms with E-state index in [4.69, 9.17) is 15.2 Å². The highest BCUT2D eigenvalue weighted by Gasteiger charge is 2.27. The van der Waals surface area contributed by atoms with Crippen molar-refractivity contribution in [2.24, 2.45) is 0 Å². The molecule has 3 heterocycles. The van der Waals surface area contributed by atoms with Crippen molar-refractivity contribution in [2.75, 3.05) is 43.9 Å². The van der Waals surface area contributed by atoms with E-state index in [1.807, 2.05) is 26.8 Å². The zero-order valence-electron chi connectivity index (χ0n) is 16.7. The maximum absolute atomic E-state index is 12.3. The molecule has 0 bridgehead atoms. The summed E-state index contributed by atoms with van der Waals surface area (Å²) in [6.07, 6.45) is 3.04. The summed E-state index contributed by atoms with van der Waals surface area (Å²) in [5.74, 6) is 1.01. The van der Waals surface area contributed by atoms with Gasteiger partial charge < -0.3 is 25.0 Å². The summed E-state index contributed by atoms with van der Waals surface area (Å²) in [5, 5.41) is 8.30. The molecule has 0 spiro atoms. The van der Waals surface area contributed by atoms with Gasteiger partial charge in [0.05, 0.1) is 18.4 Å². The zero-order valence-corrected chi connectivity index (χ0v) is 16.7. The van der Waals surface area contributed by atoms with Gasteiger partial charge in [0, 0.05) is 38.6 Å². The predicted octanol–water partition coefficient (Wildman–Crippen LogP) is 2.19. The van der Waals surface area contributed by atoms with Gasteiger partial charge in [-0.25, -0.2) is 4.79 Å². The normalized spacial score (nSPS) is 14.7. The van der Waals surface area contributed by atoms with Crippen LogP contribution in [0.3, 0.4) is 0 Å². The maximum Gasteiger partial charge on any atom is 0.410 e. The van der Waals surface area contributed by atoms with Crippen molar-refractivity contribution in [3.63, 3.8) is 0 Å². The molecule has 0 aromatic carbocycles. The van der Waals surface area contributed by atoms with Crippen molar-refractivity contribution in [1.29, 1.82) is 0 Å². The molecule has 9 heteroatoms. The number of amides is 1. The lowest BCUT2D eigenvalue weighted by Crippen LogP contribution is -2.50. The van der Waals surface area contributed by atoms with Crippen LogP contribution in [0.25, 0.3) is 11.3 Å². The molecule has 2 N–H and O–H groups in total. The first-order valence-electron chi connectivity index (χ1n) is 9.13. The molecule has 0 saturated carbocycles. The minimum absolute atomic E-state index is 0.297. The van der Waals surface area contributed by atoms with Crippen molar-refractivity contribution in [1.82, 2.24) is 20.1 Å². The highest BCUT2D eigenvalue weighted by Crippen LogP contribution is 2.31. The minimum atomic E-state index is -0.509. The number of piperazine rings is 1. The topological polar surface area (TPSA) is 107 Å². The smallest absolute Gasteiger partial charge is 0.410 e. The highest BCUT2D eigenvalue weighted by atomic mass is 16.6. The predicted molar refractivity (Wildman–Crippen MR) is 106 cm³/mol. The molecule has 1 aliphatic rings. The van der Waals surface area contributed by atoms with Gasteiger partial charge in [-0.2, -0.15) is 0 Å². The fraction of sp³-hybridized carbons (Fsp3) is 0.474. The number of nitrogens with zero attached hydrogens (tertiary/aromatic N) is 5. The van der Waals surface area contributed by atoms with E-state index in [9.17, 15) is 4.79 Å². The van der Waals surface area contributed by atoms with Gasteiger partial charge in [0.2, 0.25) is 0 Å². The Morgan fingerprint density at radius 2 is 1.89 bits per heavy atom. The first kappa shape index (κ1) is 19.7. The van der Waals surface area contributed by atoms with E-state index in [1.54, 1.807) is 30.5 Å². The Morgan fingerprint density at radius 3 is 2.54 bits per heavy atom. The lowest BCUT2D eigenvalue weighted by Gasteiger charge is -2.36. The third-order valence-electron chi connectivity index (χ3n) is 4.35. The molecule has 1 aliphatic heterocycles. The standard InChI is InChI=1S/C19H26N6O3/c1-19(2,3)28-18(26)25-9-7-24(8-10-25)15-11-14(22-23-17(15)20)13-12-21-6-5-16(13)27-4/h5-6,11-12H,7-10H2,1-4H3,(H2,20,23). The Bertz CT molecular complexity index is 844. The van der Waals surface area contributed by atoms with Crippen LogP contribution < -0.4 is 15.4 Å². The molecule has 0 aliphatic carbocycles. The van der Waals surface area contributed by atoms with Crippen LogP contribution in [0.15, 0.2) is 24.5 Å². The number of anilines is 2. The molecule has 0 unspecified atom stereocenters. The summed E-state index contributed by atoms with van der Waals surface area (Å²) in [4.78, 5) is 20.2. The van der Waals surface area contributed by atoms with Gasteiger partial charge in [0.15, 0.2) is 5.82 Å². The summed E-state index contributed by atoms with van der Waals surface area (Å²) in [6, 6.07) is 3.65. The molecule has 28 heavy (non-hydrogen) atoms. The summed E-state index contributed by atoms with van der Waals surface area (Å²) in [7, 11) is 1.60. The number of aromatic nitrogens is 3. The number of rotatable bonds is 3. The first-order chi connectivity index (χ1) is 13.3. The number of carbonyl (C=O) groups excluding carboxylic acids is 1. The van der Waals surface area contributed by atoms with E-state index in [-0.39, 0.29) is 6.09 Å². The molecular formula is C19H26N6O3. The van der Waals surface area contributed by atoms with Gasteiger partial charge in [0.1, 0.15) is 17.0 Å². The highest BCUT2D eigenvalue weighted by molar-refractivity contribution is 5.74. The zero-order chi connectivity index (χ0) is 20.3. The monoisotopic (exact) mass is 386 g/mol. The molecule has 1 fully saturated rings. The van der Waals surface area contributed by atoms with Crippen LogP contribution in [0.1, 0.15) is 20.8 Å².